The van der Waals surface area contributed by atoms with Gasteiger partial charge in [0.2, 0.25) is 5.91 Å². The number of nitrogens with zero attached hydrogens (tertiary/aromatic N) is 2. The highest BCUT2D eigenvalue weighted by Crippen LogP contribution is 2.31. The highest BCUT2D eigenvalue weighted by molar-refractivity contribution is 6.40. The summed E-state index contributed by atoms with van der Waals surface area (Å²) in [6.07, 6.45) is 6.25. The Morgan fingerprint density at radius 3 is 2.93 bits per heavy atom. The molecular weight excluding hydrogens is 391 g/mol. The summed E-state index contributed by atoms with van der Waals surface area (Å²) in [5.41, 5.74) is 1.24. The maximum atomic E-state index is 13.0. The number of halogens is 2. The molecule has 8 heteroatoms. The van der Waals surface area contributed by atoms with Gasteiger partial charge in [-0.1, -0.05) is 28.8 Å². The number of morpholine rings is 1. The molecule has 0 saturated carbocycles. The van der Waals surface area contributed by atoms with Gasteiger partial charge in [0.05, 0.1) is 30.9 Å². The van der Waals surface area contributed by atoms with Crippen molar-refractivity contribution in [3.63, 3.8) is 0 Å². The zero-order valence-corrected chi connectivity index (χ0v) is 16.4. The number of hydrogen-bond donors (Lipinski definition) is 0. The smallest absolute Gasteiger partial charge is 0.227 e. The molecule has 6 nitrogen and oxygen atoms in total. The van der Waals surface area contributed by atoms with Gasteiger partial charge in [0.25, 0.3) is 0 Å². The summed E-state index contributed by atoms with van der Waals surface area (Å²) < 4.78 is 10.7. The van der Waals surface area contributed by atoms with Gasteiger partial charge in [-0.25, -0.2) is 0 Å². The molecule has 1 saturated heterocycles. The molecule has 1 fully saturated rings. The largest absolute Gasteiger partial charge is 0.496 e. The minimum atomic E-state index is -0.705. The van der Waals surface area contributed by atoms with Gasteiger partial charge in [-0.15, -0.1) is 0 Å². The first-order valence-electron chi connectivity index (χ1n) is 8.64. The number of amides is 1. The molecule has 1 aromatic rings. The number of carbonyl (C=O) groups is 2. The third-order valence-corrected chi connectivity index (χ3v) is 5.48. The number of Topliss-reactive ketones (excluding diaryl/α,β-unsaturated/α-hetero) is 1. The zero-order valence-electron chi connectivity index (χ0n) is 14.9. The van der Waals surface area contributed by atoms with E-state index in [1.807, 2.05) is 0 Å². The van der Waals surface area contributed by atoms with Crippen molar-refractivity contribution in [3.8, 4) is 5.75 Å². The third-order valence-electron chi connectivity index (χ3n) is 4.65. The van der Waals surface area contributed by atoms with Crippen LogP contribution < -0.4 is 4.74 Å². The quantitative estimate of drug-likeness (QED) is 0.696. The molecule has 144 valence electrons. The minimum Gasteiger partial charge on any atom is -0.496 e. The Hall–Kier alpha value is -1.89. The summed E-state index contributed by atoms with van der Waals surface area (Å²) in [4.78, 5) is 31.5. The van der Waals surface area contributed by atoms with Crippen LogP contribution in [0.4, 0.5) is 0 Å². The molecule has 1 aromatic heterocycles. The van der Waals surface area contributed by atoms with E-state index in [1.54, 1.807) is 23.2 Å². The van der Waals surface area contributed by atoms with E-state index < -0.39 is 6.04 Å². The number of rotatable bonds is 5. The molecule has 27 heavy (non-hydrogen) atoms. The average Bonchev–Trinajstić information content (AvgIpc) is 2.70. The Balaban J connectivity index is 1.78. The van der Waals surface area contributed by atoms with Crippen molar-refractivity contribution in [1.29, 1.82) is 0 Å². The highest BCUT2D eigenvalue weighted by Gasteiger charge is 2.35. The van der Waals surface area contributed by atoms with Crippen LogP contribution in [0.5, 0.6) is 5.75 Å². The minimum absolute atomic E-state index is 0.131. The standard InChI is InChI=1S/C19H20Cl2N2O4/c1-26-17-4-5-22-10-13(17)19(25)16-11-27-7-6-23(16)18(24)9-12-2-3-14(20)15(21)8-12/h4-5,8,10,16H,2-3,6-7,9,11H2,1H3/t16-/m1/s1. The predicted octanol–water partition coefficient (Wildman–Crippen LogP) is 3.30. The average molecular weight is 411 g/mol. The first-order chi connectivity index (χ1) is 13.0. The van der Waals surface area contributed by atoms with Crippen LogP contribution in [0, 0.1) is 0 Å². The molecule has 2 heterocycles. The second kappa shape index (κ2) is 8.87. The van der Waals surface area contributed by atoms with Crippen molar-refractivity contribution in [2.75, 3.05) is 26.9 Å². The van der Waals surface area contributed by atoms with Crippen LogP contribution in [0.15, 0.2) is 40.2 Å². The van der Waals surface area contributed by atoms with Gasteiger partial charge in [-0.05, 0) is 25.0 Å². The Kier molecular flexibility index (Phi) is 6.52. The molecule has 1 amide bonds. The van der Waals surface area contributed by atoms with E-state index in [-0.39, 0.29) is 24.7 Å². The zero-order chi connectivity index (χ0) is 19.4. The van der Waals surface area contributed by atoms with Crippen LogP contribution in [0.25, 0.3) is 0 Å². The molecule has 1 aliphatic carbocycles. The SMILES string of the molecule is COc1ccncc1C(=O)[C@H]1COCCN1C(=O)CC1=CC(Cl)=C(Cl)CC1. The maximum absolute atomic E-state index is 13.0. The number of pyridine rings is 1. The van der Waals surface area contributed by atoms with Crippen LogP contribution in [0.3, 0.4) is 0 Å². The maximum Gasteiger partial charge on any atom is 0.227 e. The second-order valence-corrected chi connectivity index (χ2v) is 7.21. The fourth-order valence-electron chi connectivity index (χ4n) is 3.20. The van der Waals surface area contributed by atoms with Crippen LogP contribution in [-0.4, -0.2) is 54.5 Å². The van der Waals surface area contributed by atoms with E-state index in [0.717, 1.165) is 5.57 Å². The van der Waals surface area contributed by atoms with E-state index in [2.05, 4.69) is 4.98 Å². The molecular formula is C19H20Cl2N2O4. The van der Waals surface area contributed by atoms with Crippen molar-refractivity contribution in [2.24, 2.45) is 0 Å². The molecule has 0 spiro atoms. The highest BCUT2D eigenvalue weighted by atomic mass is 35.5. The Morgan fingerprint density at radius 2 is 2.19 bits per heavy atom. The van der Waals surface area contributed by atoms with Gasteiger partial charge >= 0.3 is 0 Å². The van der Waals surface area contributed by atoms with Gasteiger partial charge in [-0.2, -0.15) is 0 Å². The number of methoxy groups -OCH3 is 1. The Labute approximate surface area is 167 Å². The van der Waals surface area contributed by atoms with Crippen molar-refractivity contribution in [2.45, 2.75) is 25.3 Å². The van der Waals surface area contributed by atoms with Crippen molar-refractivity contribution >= 4 is 34.9 Å². The van der Waals surface area contributed by atoms with Crippen LogP contribution >= 0.6 is 23.2 Å². The van der Waals surface area contributed by atoms with E-state index in [4.69, 9.17) is 32.7 Å². The van der Waals surface area contributed by atoms with Crippen molar-refractivity contribution in [3.05, 3.63) is 45.7 Å². The van der Waals surface area contributed by atoms with Crippen LogP contribution in [0.1, 0.15) is 29.6 Å². The first-order valence-corrected chi connectivity index (χ1v) is 9.40. The van der Waals surface area contributed by atoms with Gasteiger partial charge in [0, 0.05) is 30.4 Å². The lowest BCUT2D eigenvalue weighted by atomic mass is 9.99. The predicted molar refractivity (Wildman–Crippen MR) is 102 cm³/mol. The van der Waals surface area contributed by atoms with Gasteiger partial charge in [0.15, 0.2) is 5.78 Å². The summed E-state index contributed by atoms with van der Waals surface area (Å²) in [5.74, 6) is 0.0503. The summed E-state index contributed by atoms with van der Waals surface area (Å²) in [6.45, 7) is 0.898. The van der Waals surface area contributed by atoms with Gasteiger partial charge in [0.1, 0.15) is 11.8 Å². The molecule has 0 aromatic carbocycles. The number of allylic oxidation sites excluding steroid dienone is 3. The molecule has 1 atom stereocenters. The lowest BCUT2D eigenvalue weighted by Gasteiger charge is -2.35. The molecule has 2 aliphatic rings. The Bertz CT molecular complexity index is 807. The monoisotopic (exact) mass is 410 g/mol. The molecule has 0 N–H and O–H groups in total. The van der Waals surface area contributed by atoms with E-state index in [9.17, 15) is 9.59 Å². The van der Waals surface area contributed by atoms with Crippen molar-refractivity contribution in [1.82, 2.24) is 9.88 Å². The topological polar surface area (TPSA) is 68.7 Å². The second-order valence-electron chi connectivity index (χ2n) is 6.35. The van der Waals surface area contributed by atoms with E-state index >= 15 is 0 Å². The van der Waals surface area contributed by atoms with Crippen LogP contribution in [-0.2, 0) is 9.53 Å². The number of ether oxygens (including phenoxy) is 2. The lowest BCUT2D eigenvalue weighted by Crippen LogP contribution is -2.52. The summed E-state index contributed by atoms with van der Waals surface area (Å²) in [5, 5.41) is 1.08. The number of ketones is 1. The van der Waals surface area contributed by atoms with Gasteiger partial charge in [-0.3, -0.25) is 14.6 Å². The first kappa shape index (κ1) is 19.9. The third kappa shape index (κ3) is 4.51. The van der Waals surface area contributed by atoms with E-state index in [0.29, 0.717) is 47.4 Å². The van der Waals surface area contributed by atoms with Crippen LogP contribution in [0.2, 0.25) is 0 Å². The fourth-order valence-corrected chi connectivity index (χ4v) is 3.60. The Morgan fingerprint density at radius 1 is 1.37 bits per heavy atom. The summed E-state index contributed by atoms with van der Waals surface area (Å²) in [7, 11) is 1.49. The number of carbonyl (C=O) groups excluding carboxylic acids is 2. The molecule has 0 radical (unpaired) electrons. The number of hydrogen-bond acceptors (Lipinski definition) is 5. The van der Waals surface area contributed by atoms with Crippen molar-refractivity contribution < 1.29 is 19.1 Å². The summed E-state index contributed by atoms with van der Waals surface area (Å²) in [6, 6.07) is 0.914. The van der Waals surface area contributed by atoms with E-state index in [1.165, 1.54) is 13.3 Å². The van der Waals surface area contributed by atoms with Gasteiger partial charge < -0.3 is 14.4 Å². The molecule has 3 rings (SSSR count). The normalized spacial score (nSPS) is 20.3. The molecule has 0 unspecified atom stereocenters. The summed E-state index contributed by atoms with van der Waals surface area (Å²) >= 11 is 12.1. The lowest BCUT2D eigenvalue weighted by molar-refractivity contribution is -0.137. The molecule has 1 aliphatic heterocycles. The number of aromatic nitrogens is 1. The fraction of sp³-hybridized carbons (Fsp3) is 0.421. The molecule has 0 bridgehead atoms.